The molecule has 0 unspecified atom stereocenters. The summed E-state index contributed by atoms with van der Waals surface area (Å²) in [4.78, 5) is 12.6. The number of carbonyl (C=O) groups excluding carboxylic acids is 1. The molecule has 0 bridgehead atoms. The third kappa shape index (κ3) is 3.04. The van der Waals surface area contributed by atoms with Crippen LogP contribution in [0.4, 0.5) is 5.69 Å². The number of nitrogens with zero attached hydrogens (tertiary/aromatic N) is 1. The Bertz CT molecular complexity index is 784. The van der Waals surface area contributed by atoms with Crippen LogP contribution < -0.4 is 10.1 Å². The maximum absolute atomic E-state index is 12.6. The predicted octanol–water partition coefficient (Wildman–Crippen LogP) is 3.28. The Labute approximate surface area is 134 Å². The number of oxime groups is 1. The van der Waals surface area contributed by atoms with Crippen LogP contribution in [0.3, 0.4) is 0 Å². The lowest BCUT2D eigenvalue weighted by Gasteiger charge is -2.24. The number of hydrogen-bond acceptors (Lipinski definition) is 4. The highest BCUT2D eigenvalue weighted by Crippen LogP contribution is 2.29. The highest BCUT2D eigenvalue weighted by Gasteiger charge is 2.33. The van der Waals surface area contributed by atoms with Gasteiger partial charge in [-0.1, -0.05) is 29.4 Å². The van der Waals surface area contributed by atoms with E-state index in [0.29, 0.717) is 17.9 Å². The fraction of sp³-hybridized carbons (Fsp3) is 0.222. The minimum atomic E-state index is -0.656. The minimum absolute atomic E-state index is 0.0185. The van der Waals surface area contributed by atoms with Gasteiger partial charge in [-0.15, -0.1) is 0 Å². The van der Waals surface area contributed by atoms with Crippen molar-refractivity contribution in [3.8, 4) is 5.75 Å². The molecule has 0 saturated heterocycles. The number of amides is 1. The Hall–Kier alpha value is -2.82. The Morgan fingerprint density at radius 3 is 2.74 bits per heavy atom. The molecule has 2 N–H and O–H groups in total. The van der Waals surface area contributed by atoms with Crippen molar-refractivity contribution in [3.05, 3.63) is 59.2 Å². The summed E-state index contributed by atoms with van der Waals surface area (Å²) in [6, 6.07) is 13.1. The standard InChI is InChI=1S/C18H18N2O3/c1-11-7-8-14(9-12(11)2)19-17(21)15-10-13-5-3-4-6-16(13)23-18(15)20-22/h3-9,15,22H,10H2,1-2H3,(H,19,21)/b20-18+/t15-/m0/s1. The van der Waals surface area contributed by atoms with E-state index < -0.39 is 5.92 Å². The second-order valence-electron chi connectivity index (χ2n) is 5.69. The van der Waals surface area contributed by atoms with Crippen molar-refractivity contribution in [2.24, 2.45) is 11.1 Å². The molecule has 0 radical (unpaired) electrons. The van der Waals surface area contributed by atoms with Gasteiger partial charge >= 0.3 is 0 Å². The van der Waals surface area contributed by atoms with Gasteiger partial charge in [0.25, 0.3) is 0 Å². The zero-order chi connectivity index (χ0) is 16.4. The fourth-order valence-electron chi connectivity index (χ4n) is 2.61. The van der Waals surface area contributed by atoms with Crippen molar-refractivity contribution >= 4 is 17.5 Å². The molecule has 2 aromatic rings. The monoisotopic (exact) mass is 310 g/mol. The number of para-hydroxylation sites is 1. The number of nitrogens with one attached hydrogen (secondary N) is 1. The van der Waals surface area contributed by atoms with Gasteiger partial charge in [-0.3, -0.25) is 4.79 Å². The molecule has 0 aromatic heterocycles. The molecule has 1 heterocycles. The quantitative estimate of drug-likeness (QED) is 0.660. The first-order chi connectivity index (χ1) is 11.1. The predicted molar refractivity (Wildman–Crippen MR) is 88.0 cm³/mol. The number of anilines is 1. The van der Waals surface area contributed by atoms with E-state index in [0.717, 1.165) is 16.7 Å². The molecule has 0 aliphatic carbocycles. The summed E-state index contributed by atoms with van der Waals surface area (Å²) >= 11 is 0. The van der Waals surface area contributed by atoms with Crippen LogP contribution in [0.15, 0.2) is 47.6 Å². The van der Waals surface area contributed by atoms with Gasteiger partial charge in [0, 0.05) is 5.69 Å². The summed E-state index contributed by atoms with van der Waals surface area (Å²) in [5, 5.41) is 15.2. The third-order valence-corrected chi connectivity index (χ3v) is 4.10. The van der Waals surface area contributed by atoms with E-state index in [2.05, 4.69) is 10.5 Å². The summed E-state index contributed by atoms with van der Waals surface area (Å²) in [7, 11) is 0. The zero-order valence-electron chi connectivity index (χ0n) is 13.0. The molecule has 0 spiro atoms. The molecule has 118 valence electrons. The second-order valence-corrected chi connectivity index (χ2v) is 5.69. The fourth-order valence-corrected chi connectivity index (χ4v) is 2.61. The van der Waals surface area contributed by atoms with E-state index in [-0.39, 0.29) is 11.8 Å². The van der Waals surface area contributed by atoms with Crippen molar-refractivity contribution in [1.29, 1.82) is 0 Å². The molecule has 1 aliphatic rings. The van der Waals surface area contributed by atoms with E-state index in [1.165, 1.54) is 0 Å². The smallest absolute Gasteiger partial charge is 0.243 e. The maximum atomic E-state index is 12.6. The second kappa shape index (κ2) is 6.12. The van der Waals surface area contributed by atoms with Crippen molar-refractivity contribution in [3.63, 3.8) is 0 Å². The summed E-state index contributed by atoms with van der Waals surface area (Å²) in [5.74, 6) is -0.271. The summed E-state index contributed by atoms with van der Waals surface area (Å²) in [5.41, 5.74) is 3.90. The lowest BCUT2D eigenvalue weighted by molar-refractivity contribution is -0.118. The summed E-state index contributed by atoms with van der Waals surface area (Å²) in [6.45, 7) is 4.01. The van der Waals surface area contributed by atoms with Gasteiger partial charge < -0.3 is 15.3 Å². The van der Waals surface area contributed by atoms with Gasteiger partial charge in [-0.25, -0.2) is 0 Å². The van der Waals surface area contributed by atoms with Gasteiger partial charge in [0.05, 0.1) is 0 Å². The van der Waals surface area contributed by atoms with E-state index in [1.807, 2.05) is 50.2 Å². The van der Waals surface area contributed by atoms with Crippen LogP contribution in [0, 0.1) is 19.8 Å². The van der Waals surface area contributed by atoms with E-state index >= 15 is 0 Å². The topological polar surface area (TPSA) is 70.9 Å². The number of carbonyl (C=O) groups is 1. The SMILES string of the molecule is Cc1ccc(NC(=O)[C@@H]2Cc3ccccc3O/C2=N/O)cc1C. The average Bonchev–Trinajstić information content (AvgIpc) is 2.57. The molecule has 5 heteroatoms. The highest BCUT2D eigenvalue weighted by atomic mass is 16.5. The molecule has 5 nitrogen and oxygen atoms in total. The van der Waals surface area contributed by atoms with Crippen molar-refractivity contribution < 1.29 is 14.7 Å². The van der Waals surface area contributed by atoms with Gasteiger partial charge in [0.15, 0.2) is 0 Å². The van der Waals surface area contributed by atoms with Gasteiger partial charge in [-0.2, -0.15) is 0 Å². The van der Waals surface area contributed by atoms with Crippen molar-refractivity contribution in [2.75, 3.05) is 5.32 Å². The number of benzene rings is 2. The van der Waals surface area contributed by atoms with Crippen molar-refractivity contribution in [1.82, 2.24) is 0 Å². The van der Waals surface area contributed by atoms with E-state index in [1.54, 1.807) is 6.07 Å². The largest absolute Gasteiger partial charge is 0.439 e. The van der Waals surface area contributed by atoms with Crippen LogP contribution in [-0.2, 0) is 11.2 Å². The van der Waals surface area contributed by atoms with E-state index in [9.17, 15) is 4.79 Å². The molecule has 23 heavy (non-hydrogen) atoms. The average molecular weight is 310 g/mol. The van der Waals surface area contributed by atoms with E-state index in [4.69, 9.17) is 9.94 Å². The molecule has 0 saturated carbocycles. The summed E-state index contributed by atoms with van der Waals surface area (Å²) < 4.78 is 5.53. The summed E-state index contributed by atoms with van der Waals surface area (Å²) in [6.07, 6.45) is 0.437. The zero-order valence-corrected chi connectivity index (χ0v) is 13.0. The number of rotatable bonds is 2. The van der Waals surface area contributed by atoms with Crippen LogP contribution in [0.25, 0.3) is 0 Å². The first kappa shape index (κ1) is 15.1. The molecule has 0 fully saturated rings. The first-order valence-electron chi connectivity index (χ1n) is 7.44. The lowest BCUT2D eigenvalue weighted by Crippen LogP contribution is -2.37. The van der Waals surface area contributed by atoms with Gasteiger partial charge in [0.2, 0.25) is 11.8 Å². The molecule has 1 aliphatic heterocycles. The molecule has 1 atom stereocenters. The lowest BCUT2D eigenvalue weighted by atomic mass is 9.95. The minimum Gasteiger partial charge on any atom is -0.439 e. The molecule has 3 rings (SSSR count). The van der Waals surface area contributed by atoms with Crippen LogP contribution in [-0.4, -0.2) is 17.0 Å². The Balaban J connectivity index is 1.82. The van der Waals surface area contributed by atoms with Gasteiger partial charge in [-0.05, 0) is 55.2 Å². The van der Waals surface area contributed by atoms with Crippen LogP contribution in [0.1, 0.15) is 16.7 Å². The number of ether oxygens (including phenoxy) is 1. The third-order valence-electron chi connectivity index (χ3n) is 4.10. The van der Waals surface area contributed by atoms with Crippen LogP contribution in [0.2, 0.25) is 0 Å². The highest BCUT2D eigenvalue weighted by molar-refractivity contribution is 6.07. The normalized spacial score (nSPS) is 18.2. The molecular weight excluding hydrogens is 292 g/mol. The molecule has 2 aromatic carbocycles. The number of hydrogen-bond donors (Lipinski definition) is 2. The Morgan fingerprint density at radius 1 is 1.22 bits per heavy atom. The van der Waals surface area contributed by atoms with Crippen LogP contribution >= 0.6 is 0 Å². The maximum Gasteiger partial charge on any atom is 0.243 e. The first-order valence-corrected chi connectivity index (χ1v) is 7.44. The Morgan fingerprint density at radius 2 is 2.00 bits per heavy atom. The molecular formula is C18H18N2O3. The molecule has 1 amide bonds. The van der Waals surface area contributed by atoms with Gasteiger partial charge in [0.1, 0.15) is 11.7 Å². The van der Waals surface area contributed by atoms with Crippen LogP contribution in [0.5, 0.6) is 5.75 Å². The Kier molecular flexibility index (Phi) is 4.02. The number of fused-ring (bicyclic) bond motifs is 1. The van der Waals surface area contributed by atoms with Crippen molar-refractivity contribution in [2.45, 2.75) is 20.3 Å². The number of aryl methyl sites for hydroxylation is 2.